The van der Waals surface area contributed by atoms with Crippen molar-refractivity contribution in [1.82, 2.24) is 0 Å². The Morgan fingerprint density at radius 1 is 0.571 bits per heavy atom. The van der Waals surface area contributed by atoms with Crippen LogP contribution in [-0.4, -0.2) is 43.8 Å². The summed E-state index contributed by atoms with van der Waals surface area (Å²) >= 11 is 0. The van der Waals surface area contributed by atoms with Gasteiger partial charge in [0.1, 0.15) is 0 Å². The second-order valence-electron chi connectivity index (χ2n) is 0.408. The summed E-state index contributed by atoms with van der Waals surface area (Å²) in [5.41, 5.74) is 0. The lowest BCUT2D eigenvalue weighted by Crippen LogP contribution is -1.38. The van der Waals surface area contributed by atoms with Gasteiger partial charge in [-0.15, -0.1) is 0 Å². The zero-order chi connectivity index (χ0) is 12.8. The van der Waals surface area contributed by atoms with Crippen molar-refractivity contribution in [2.45, 2.75) is 0 Å². The lowest BCUT2D eigenvalue weighted by molar-refractivity contribution is 0.562. The summed E-state index contributed by atoms with van der Waals surface area (Å²) in [6, 6.07) is 0. The summed E-state index contributed by atoms with van der Waals surface area (Å²) in [6.45, 7) is 0. The van der Waals surface area contributed by atoms with E-state index in [0.717, 1.165) is 24.3 Å². The lowest BCUT2D eigenvalue weighted by Gasteiger charge is -1.02. The topological polar surface area (TPSA) is 164 Å². The van der Waals surface area contributed by atoms with Crippen molar-refractivity contribution in [1.29, 1.82) is 21.6 Å². The molecule has 0 radical (unpaired) electrons. The highest BCUT2D eigenvalue weighted by atomic mass is 29.1. The van der Waals surface area contributed by atoms with Gasteiger partial charge in [-0.25, -0.2) is 40.8 Å². The van der Waals surface area contributed by atoms with Crippen molar-refractivity contribution in [3.63, 3.8) is 0 Å². The maximum atomic E-state index is 8.35. The number of rotatable bonds is 0. The van der Waals surface area contributed by atoms with Crippen LogP contribution in [0.1, 0.15) is 0 Å². The Labute approximate surface area is 85.4 Å². The SMILES string of the molecule is N=C=O.N=C=O.N=C=O.N=C=O.[SiH3][SiH3]. The zero-order valence-electron chi connectivity index (χ0n) is 7.63. The van der Waals surface area contributed by atoms with Gasteiger partial charge in [-0.2, -0.15) is 0 Å². The van der Waals surface area contributed by atoms with Gasteiger partial charge in [-0.3, -0.25) is 0 Å². The van der Waals surface area contributed by atoms with E-state index in [9.17, 15) is 0 Å². The van der Waals surface area contributed by atoms with E-state index in [1.165, 1.54) is 19.5 Å². The number of isocyanates is 4. The number of hydrogen-bond acceptors (Lipinski definition) is 8. The molecule has 4 N–H and O–H groups in total. The minimum absolute atomic E-state index is 0.750. The third-order valence-electron chi connectivity index (χ3n) is 0. The molecule has 0 aromatic carbocycles. The number of carbonyl (C=O) groups excluding carboxylic acids is 4. The van der Waals surface area contributed by atoms with Gasteiger partial charge in [0, 0.05) is 0 Å². The fourth-order valence-corrected chi connectivity index (χ4v) is 0. The van der Waals surface area contributed by atoms with Crippen molar-refractivity contribution in [3.05, 3.63) is 0 Å². The molecule has 0 atom stereocenters. The summed E-state index contributed by atoms with van der Waals surface area (Å²) in [4.78, 5) is 33.4. The van der Waals surface area contributed by atoms with Gasteiger partial charge in [-0.1, -0.05) is 0 Å². The molecule has 0 aromatic heterocycles. The molecule has 0 aliphatic heterocycles. The van der Waals surface area contributed by atoms with Gasteiger partial charge in [0.25, 0.3) is 0 Å². The Hall–Kier alpha value is -2.05. The lowest BCUT2D eigenvalue weighted by atomic mass is 11.7. The maximum Gasteiger partial charge on any atom is 0.231 e. The molecule has 0 bridgehead atoms. The van der Waals surface area contributed by atoms with Crippen LogP contribution in [0.5, 0.6) is 0 Å². The van der Waals surface area contributed by atoms with E-state index in [1.54, 1.807) is 0 Å². The first-order valence-corrected chi connectivity index (χ1v) is 10.8. The van der Waals surface area contributed by atoms with Crippen molar-refractivity contribution < 1.29 is 19.2 Å². The van der Waals surface area contributed by atoms with Crippen LogP contribution in [0, 0.1) is 21.6 Å². The van der Waals surface area contributed by atoms with Gasteiger partial charge in [0.05, 0.1) is 0 Å². The van der Waals surface area contributed by atoms with Gasteiger partial charge in [0.15, 0.2) is 0 Å². The Balaban J connectivity index is -0.0000000243. The molecule has 0 amide bonds. The van der Waals surface area contributed by atoms with E-state index in [0.29, 0.717) is 0 Å². The highest BCUT2D eigenvalue weighted by Gasteiger charge is 1.04. The summed E-state index contributed by atoms with van der Waals surface area (Å²) < 4.78 is 0. The third kappa shape index (κ3) is 191. The van der Waals surface area contributed by atoms with E-state index in [2.05, 4.69) is 0 Å². The molecule has 14 heavy (non-hydrogen) atoms. The number of hydrogen-bond donors (Lipinski definition) is 4. The molecule has 0 fully saturated rings. The molecule has 0 spiro atoms. The molecule has 8 nitrogen and oxygen atoms in total. The Kier molecular flexibility index (Phi) is 602. The molecular weight excluding hydrogens is 224 g/mol. The first-order valence-electron chi connectivity index (χ1n) is 2.82. The van der Waals surface area contributed by atoms with Crippen LogP contribution in [0.3, 0.4) is 0 Å². The smallest absolute Gasteiger partial charge is 0.222 e. The minimum atomic E-state index is 0.750. The highest BCUT2D eigenvalue weighted by Crippen LogP contribution is 0.877. The predicted octanol–water partition coefficient (Wildman–Crippen LogP) is -2.76. The standard InChI is InChI=1S/4CHNO.H6Si2/c4*2-1-3;1-2/h4*2H;1-2H3. The van der Waals surface area contributed by atoms with E-state index < -0.39 is 0 Å². The quantitative estimate of drug-likeness (QED) is 0.203. The van der Waals surface area contributed by atoms with Crippen LogP contribution in [0.2, 0.25) is 0 Å². The highest BCUT2D eigenvalue weighted by molar-refractivity contribution is 6.75. The Morgan fingerprint density at radius 2 is 0.571 bits per heavy atom. The minimum Gasteiger partial charge on any atom is -0.222 e. The third-order valence-corrected chi connectivity index (χ3v) is 0. The fraction of sp³-hybridized carbons (Fsp3) is 0. The maximum absolute atomic E-state index is 8.35. The van der Waals surface area contributed by atoms with Crippen molar-refractivity contribution in [3.8, 4) is 0 Å². The molecule has 0 saturated heterocycles. The second kappa shape index (κ2) is 284. The largest absolute Gasteiger partial charge is 0.231 e. The van der Waals surface area contributed by atoms with Gasteiger partial charge in [-0.05, 0) is 19.5 Å². The summed E-state index contributed by atoms with van der Waals surface area (Å²) in [7, 11) is 2.89. The molecule has 0 aliphatic carbocycles. The Morgan fingerprint density at radius 3 is 0.571 bits per heavy atom. The number of nitrogens with one attached hydrogen (secondary N) is 4. The van der Waals surface area contributed by atoms with Crippen LogP contribution in [-0.2, 0) is 19.2 Å². The molecule has 78 valence electrons. The first kappa shape index (κ1) is 29.7. The predicted molar refractivity (Wildman–Crippen MR) is 53.5 cm³/mol. The normalized spacial score (nSPS) is 3.14. The molecule has 0 aromatic rings. The zero-order valence-corrected chi connectivity index (χ0v) is 11.6. The van der Waals surface area contributed by atoms with Crippen molar-refractivity contribution in [2.75, 3.05) is 0 Å². The van der Waals surface area contributed by atoms with E-state index >= 15 is 0 Å². The molecule has 0 saturated carbocycles. The molecule has 10 heteroatoms. The summed E-state index contributed by atoms with van der Waals surface area (Å²) in [6.07, 6.45) is 3.00. The molecule has 0 rings (SSSR count). The molecular formula is C4H10N4O4Si2. The van der Waals surface area contributed by atoms with Crippen molar-refractivity contribution in [2.24, 2.45) is 0 Å². The van der Waals surface area contributed by atoms with Gasteiger partial charge >= 0.3 is 0 Å². The van der Waals surface area contributed by atoms with Crippen molar-refractivity contribution >= 4 is 43.8 Å². The average Bonchev–Trinajstić information content (AvgIpc) is 2.12. The van der Waals surface area contributed by atoms with E-state index in [-0.39, 0.29) is 0 Å². The van der Waals surface area contributed by atoms with Crippen LogP contribution in [0.15, 0.2) is 0 Å². The van der Waals surface area contributed by atoms with Crippen LogP contribution < -0.4 is 0 Å². The van der Waals surface area contributed by atoms with Crippen LogP contribution in [0.4, 0.5) is 0 Å². The van der Waals surface area contributed by atoms with Gasteiger partial charge in [0.2, 0.25) is 24.3 Å². The first-order chi connectivity index (χ1) is 6.66. The monoisotopic (exact) mass is 234 g/mol. The van der Waals surface area contributed by atoms with E-state index in [1.807, 2.05) is 0 Å². The van der Waals surface area contributed by atoms with Gasteiger partial charge < -0.3 is 0 Å². The molecule has 0 unspecified atom stereocenters. The Bertz CT molecular complexity index is 159. The second-order valence-corrected chi connectivity index (χ2v) is 0.408. The van der Waals surface area contributed by atoms with Crippen LogP contribution in [0.25, 0.3) is 0 Å². The molecule has 0 heterocycles. The van der Waals surface area contributed by atoms with Crippen LogP contribution >= 0.6 is 0 Å². The molecule has 0 aliphatic rings. The fourth-order valence-electron chi connectivity index (χ4n) is 0. The average molecular weight is 234 g/mol. The summed E-state index contributed by atoms with van der Waals surface area (Å²) in [5.74, 6) is 0. The van der Waals surface area contributed by atoms with E-state index in [4.69, 9.17) is 40.8 Å². The summed E-state index contributed by atoms with van der Waals surface area (Å²) in [5, 5.41) is 21.6.